The van der Waals surface area contributed by atoms with Crippen LogP contribution in [0.3, 0.4) is 0 Å². The molecule has 0 radical (unpaired) electrons. The maximum absolute atomic E-state index is 12.7. The number of amides is 1. The van der Waals surface area contributed by atoms with Gasteiger partial charge in [-0.3, -0.25) is 14.8 Å². The first-order valence-electron chi connectivity index (χ1n) is 11.8. The molecule has 0 unspecified atom stereocenters. The van der Waals surface area contributed by atoms with Crippen LogP contribution in [0.4, 0.5) is 11.5 Å². The summed E-state index contributed by atoms with van der Waals surface area (Å²) in [7, 11) is -2.59. The molecule has 0 saturated heterocycles. The lowest BCUT2D eigenvalue weighted by atomic mass is 10.2. The molecule has 0 fully saturated rings. The molecule has 4 rings (SSSR count). The Labute approximate surface area is 245 Å². The number of methoxy groups -OCH3 is 1. The fraction of sp³-hybridized carbons (Fsp3) is 0.111. The number of benzene rings is 3. The Balaban J connectivity index is 1.31. The average molecular weight is 643 g/mol. The van der Waals surface area contributed by atoms with Crippen molar-refractivity contribution < 1.29 is 22.7 Å². The van der Waals surface area contributed by atoms with Crippen molar-refractivity contribution in [3.05, 3.63) is 101 Å². The van der Waals surface area contributed by atoms with Gasteiger partial charge in [0.05, 0.1) is 23.1 Å². The largest absolute Gasteiger partial charge is 0.492 e. The minimum absolute atomic E-state index is 0.0170. The number of nitrogens with one attached hydrogen (secondary N) is 3. The Kier molecular flexibility index (Phi) is 9.64. The van der Waals surface area contributed by atoms with Gasteiger partial charge in [-0.25, -0.2) is 18.4 Å². The molecule has 0 aliphatic heterocycles. The first-order valence-corrected chi connectivity index (χ1v) is 14.5. The van der Waals surface area contributed by atoms with E-state index in [0.717, 1.165) is 6.42 Å². The van der Waals surface area contributed by atoms with Crippen molar-refractivity contribution in [3.63, 3.8) is 0 Å². The lowest BCUT2D eigenvalue weighted by Gasteiger charge is -2.12. The van der Waals surface area contributed by atoms with Crippen LogP contribution >= 0.6 is 28.1 Å². The fourth-order valence-electron chi connectivity index (χ4n) is 3.47. The number of carbonyl (C=O) groups excluding carboxylic acids is 1. The van der Waals surface area contributed by atoms with Gasteiger partial charge in [0, 0.05) is 30.1 Å². The molecule has 4 aromatic rings. The number of hydrogen-bond acceptors (Lipinski definition) is 8. The molecule has 0 atom stereocenters. The van der Waals surface area contributed by atoms with Gasteiger partial charge in [0.2, 0.25) is 5.82 Å². The van der Waals surface area contributed by atoms with Crippen LogP contribution < -0.4 is 24.8 Å². The standard InChI is InChI=1S/C27H24BrN5O5S2/c1-37-26-24(29-14-15-30-26)33-40(35,36)21-10-8-20(9-11-21)31-27(39)32-25(34)19-7-12-23(22(28)17-19)38-16-13-18-5-3-2-4-6-18/h2-12,14-15,17H,13,16H2,1H3,(H,29,33)(H2,31,32,34,39). The van der Waals surface area contributed by atoms with Gasteiger partial charge in [-0.05, 0) is 76.2 Å². The summed E-state index contributed by atoms with van der Waals surface area (Å²) in [5, 5.41) is 5.51. The van der Waals surface area contributed by atoms with Gasteiger partial charge in [-0.15, -0.1) is 0 Å². The molecule has 3 aromatic carbocycles. The summed E-state index contributed by atoms with van der Waals surface area (Å²) in [4.78, 5) is 20.6. The molecule has 10 nitrogen and oxygen atoms in total. The number of anilines is 2. The van der Waals surface area contributed by atoms with Crippen LogP contribution in [0.25, 0.3) is 0 Å². The fourth-order valence-corrected chi connectivity index (χ4v) is 5.18. The van der Waals surface area contributed by atoms with Crippen LogP contribution in [-0.2, 0) is 16.4 Å². The zero-order chi connectivity index (χ0) is 28.5. The van der Waals surface area contributed by atoms with Gasteiger partial charge in [0.15, 0.2) is 5.11 Å². The highest BCUT2D eigenvalue weighted by atomic mass is 79.9. The van der Waals surface area contributed by atoms with E-state index < -0.39 is 15.9 Å². The van der Waals surface area contributed by atoms with E-state index in [2.05, 4.69) is 41.3 Å². The molecule has 0 aliphatic carbocycles. The molecule has 1 amide bonds. The van der Waals surface area contributed by atoms with Crippen molar-refractivity contribution in [2.45, 2.75) is 11.3 Å². The molecular weight excluding hydrogens is 618 g/mol. The van der Waals surface area contributed by atoms with E-state index in [1.54, 1.807) is 18.2 Å². The zero-order valence-corrected chi connectivity index (χ0v) is 24.3. The van der Waals surface area contributed by atoms with Crippen LogP contribution in [0.5, 0.6) is 11.6 Å². The summed E-state index contributed by atoms with van der Waals surface area (Å²) < 4.78 is 39.3. The zero-order valence-electron chi connectivity index (χ0n) is 21.1. The molecule has 13 heteroatoms. The number of hydrogen-bond donors (Lipinski definition) is 3. The van der Waals surface area contributed by atoms with Gasteiger partial charge in [0.1, 0.15) is 5.75 Å². The van der Waals surface area contributed by atoms with Gasteiger partial charge in [0.25, 0.3) is 21.8 Å². The molecule has 206 valence electrons. The second kappa shape index (κ2) is 13.3. The van der Waals surface area contributed by atoms with Crippen LogP contribution in [-0.4, -0.2) is 43.1 Å². The minimum atomic E-state index is -3.95. The lowest BCUT2D eigenvalue weighted by molar-refractivity contribution is 0.0977. The summed E-state index contributed by atoms with van der Waals surface area (Å²) in [5.74, 6) is 0.211. The average Bonchev–Trinajstić information content (AvgIpc) is 2.94. The highest BCUT2D eigenvalue weighted by Gasteiger charge is 2.18. The van der Waals surface area contributed by atoms with Gasteiger partial charge >= 0.3 is 0 Å². The third-order valence-electron chi connectivity index (χ3n) is 5.42. The van der Waals surface area contributed by atoms with Crippen molar-refractivity contribution in [1.29, 1.82) is 0 Å². The van der Waals surface area contributed by atoms with Crippen molar-refractivity contribution in [3.8, 4) is 11.6 Å². The van der Waals surface area contributed by atoms with Gasteiger partial charge < -0.3 is 14.8 Å². The Morgan fingerprint density at radius 3 is 2.42 bits per heavy atom. The quantitative estimate of drug-likeness (QED) is 0.209. The molecule has 1 heterocycles. The Morgan fingerprint density at radius 2 is 1.73 bits per heavy atom. The van der Waals surface area contributed by atoms with E-state index in [1.807, 2.05) is 30.3 Å². The summed E-state index contributed by atoms with van der Waals surface area (Å²) in [5.41, 5.74) is 2.02. The normalized spacial score (nSPS) is 10.8. The van der Waals surface area contributed by atoms with Gasteiger partial charge in [-0.1, -0.05) is 30.3 Å². The van der Waals surface area contributed by atoms with Crippen LogP contribution in [0.15, 0.2) is 94.6 Å². The predicted molar refractivity (Wildman–Crippen MR) is 159 cm³/mol. The monoisotopic (exact) mass is 641 g/mol. The molecule has 0 bridgehead atoms. The van der Waals surface area contributed by atoms with Crippen molar-refractivity contribution in [1.82, 2.24) is 15.3 Å². The highest BCUT2D eigenvalue weighted by Crippen LogP contribution is 2.26. The van der Waals surface area contributed by atoms with Crippen LogP contribution in [0.1, 0.15) is 15.9 Å². The number of sulfonamides is 1. The molecule has 40 heavy (non-hydrogen) atoms. The summed E-state index contributed by atoms with van der Waals surface area (Å²) in [6, 6.07) is 20.8. The molecule has 0 saturated carbocycles. The maximum Gasteiger partial charge on any atom is 0.263 e. The minimum Gasteiger partial charge on any atom is -0.492 e. The highest BCUT2D eigenvalue weighted by molar-refractivity contribution is 9.10. The third-order valence-corrected chi connectivity index (χ3v) is 7.60. The maximum atomic E-state index is 12.7. The summed E-state index contributed by atoms with van der Waals surface area (Å²) >= 11 is 8.71. The number of rotatable bonds is 10. The van der Waals surface area contributed by atoms with E-state index in [-0.39, 0.29) is 21.7 Å². The number of carbonyl (C=O) groups is 1. The molecule has 0 spiro atoms. The van der Waals surface area contributed by atoms with E-state index in [9.17, 15) is 13.2 Å². The molecular formula is C27H24BrN5O5S2. The van der Waals surface area contributed by atoms with E-state index in [1.165, 1.54) is 49.3 Å². The summed E-state index contributed by atoms with van der Waals surface area (Å²) in [6.07, 6.45) is 3.49. The smallest absolute Gasteiger partial charge is 0.263 e. The van der Waals surface area contributed by atoms with E-state index >= 15 is 0 Å². The molecule has 3 N–H and O–H groups in total. The van der Waals surface area contributed by atoms with E-state index in [0.29, 0.717) is 28.1 Å². The number of ether oxygens (including phenoxy) is 2. The first-order chi connectivity index (χ1) is 19.2. The van der Waals surface area contributed by atoms with Crippen LogP contribution in [0, 0.1) is 0 Å². The third kappa shape index (κ3) is 7.74. The Hall–Kier alpha value is -4.07. The molecule has 1 aromatic heterocycles. The Bertz CT molecular complexity index is 1600. The number of aromatic nitrogens is 2. The second-order valence-electron chi connectivity index (χ2n) is 8.18. The lowest BCUT2D eigenvalue weighted by Crippen LogP contribution is -2.34. The number of thiocarbonyl (C=S) groups is 1. The number of nitrogens with zero attached hydrogens (tertiary/aromatic N) is 2. The van der Waals surface area contributed by atoms with E-state index in [4.69, 9.17) is 21.7 Å². The molecule has 0 aliphatic rings. The SMILES string of the molecule is COc1nccnc1NS(=O)(=O)c1ccc(NC(=S)NC(=O)c2ccc(OCCc3ccccc3)c(Br)c2)cc1. The van der Waals surface area contributed by atoms with Crippen molar-refractivity contribution in [2.24, 2.45) is 0 Å². The summed E-state index contributed by atoms with van der Waals surface area (Å²) in [6.45, 7) is 0.493. The van der Waals surface area contributed by atoms with Crippen molar-refractivity contribution in [2.75, 3.05) is 23.8 Å². The predicted octanol–water partition coefficient (Wildman–Crippen LogP) is 4.80. The second-order valence-corrected chi connectivity index (χ2v) is 11.1. The van der Waals surface area contributed by atoms with Gasteiger partial charge in [-0.2, -0.15) is 0 Å². The topological polar surface area (TPSA) is 132 Å². The first kappa shape index (κ1) is 28.9. The number of halogens is 1. The van der Waals surface area contributed by atoms with Crippen molar-refractivity contribution >= 4 is 60.7 Å². The van der Waals surface area contributed by atoms with Crippen LogP contribution in [0.2, 0.25) is 0 Å². The Morgan fingerprint density at radius 1 is 1.00 bits per heavy atom.